The molecule has 202 valence electrons. The second-order valence-electron chi connectivity index (χ2n) is 9.39. The minimum absolute atomic E-state index is 0.194. The number of amides is 4. The van der Waals surface area contributed by atoms with Gasteiger partial charge in [-0.1, -0.05) is 37.6 Å². The molecule has 4 aromatic rings. The number of nitrogens with one attached hydrogen (secondary N) is 3. The van der Waals surface area contributed by atoms with Crippen LogP contribution in [0, 0.1) is 0 Å². The number of para-hydroxylation sites is 1. The number of urea groups is 1. The van der Waals surface area contributed by atoms with E-state index in [9.17, 15) is 14.4 Å². The van der Waals surface area contributed by atoms with Crippen molar-refractivity contribution in [1.82, 2.24) is 25.6 Å². The highest BCUT2D eigenvalue weighted by Crippen LogP contribution is 2.45. The maximum absolute atomic E-state index is 13.5. The van der Waals surface area contributed by atoms with Crippen LogP contribution in [0.15, 0.2) is 67.6 Å². The number of carbonyl (C=O) groups is 3. The quantitative estimate of drug-likeness (QED) is 0.276. The molecule has 2 atom stereocenters. The van der Waals surface area contributed by atoms with E-state index in [0.29, 0.717) is 32.2 Å². The molecule has 1 aliphatic carbocycles. The van der Waals surface area contributed by atoms with E-state index >= 15 is 0 Å². The summed E-state index contributed by atoms with van der Waals surface area (Å²) in [5, 5.41) is 9.50. The van der Waals surface area contributed by atoms with E-state index in [-0.39, 0.29) is 35.6 Å². The second kappa shape index (κ2) is 10.7. The molecule has 0 bridgehead atoms. The number of thiophene rings is 1. The number of hydrogen-bond acceptors (Lipinski definition) is 8. The molecule has 3 aromatic heterocycles. The number of ether oxygens (including phenoxy) is 1. The van der Waals surface area contributed by atoms with Crippen LogP contribution < -0.4 is 25.6 Å². The summed E-state index contributed by atoms with van der Waals surface area (Å²) in [6.07, 6.45) is 9.12. The summed E-state index contributed by atoms with van der Waals surface area (Å²) < 4.78 is 5.72. The van der Waals surface area contributed by atoms with Crippen molar-refractivity contribution in [2.45, 2.75) is 37.8 Å². The number of pyridine rings is 1. The molecule has 12 heteroatoms. The zero-order valence-electron chi connectivity index (χ0n) is 21.3. The average molecular weight is 556 g/mol. The van der Waals surface area contributed by atoms with Crippen LogP contribution in [-0.4, -0.2) is 44.9 Å². The highest BCUT2D eigenvalue weighted by molar-refractivity contribution is 7.21. The standard InChI is InChI=1S/C28H25N7O4S/c1-2-21(36)32-17-10-6-7-11-18(17)33-26(37)25-24-23-19(12-13-29-27(23)40-25)35(28(38)34-24)20-14-31-22(15-30-20)39-16-8-4-3-5-9-16/h2-5,8-9,12-15,17-18H,1,6-7,10-11H2,(H,32,36)(H,33,37)(H,34,38). The third kappa shape index (κ3) is 4.84. The molecule has 11 nitrogen and oxygen atoms in total. The first-order chi connectivity index (χ1) is 19.5. The normalized spacial score (nSPS) is 18.1. The smallest absolute Gasteiger partial charge is 0.332 e. The van der Waals surface area contributed by atoms with Gasteiger partial charge in [0.2, 0.25) is 11.8 Å². The lowest BCUT2D eigenvalue weighted by atomic mass is 9.90. The van der Waals surface area contributed by atoms with Gasteiger partial charge in [-0.25, -0.2) is 24.6 Å². The number of carbonyl (C=O) groups excluding carboxylic acids is 3. The Hall–Kier alpha value is -4.84. The minimum atomic E-state index is -0.479. The van der Waals surface area contributed by atoms with E-state index in [2.05, 4.69) is 37.5 Å². The third-order valence-electron chi connectivity index (χ3n) is 6.86. The first-order valence-electron chi connectivity index (χ1n) is 12.8. The first-order valence-corrected chi connectivity index (χ1v) is 13.6. The van der Waals surface area contributed by atoms with Crippen molar-refractivity contribution in [3.63, 3.8) is 0 Å². The van der Waals surface area contributed by atoms with Crippen LogP contribution in [0.4, 0.5) is 22.0 Å². The van der Waals surface area contributed by atoms with E-state index in [0.717, 1.165) is 25.7 Å². The summed E-state index contributed by atoms with van der Waals surface area (Å²) in [6.45, 7) is 3.51. The van der Waals surface area contributed by atoms with Gasteiger partial charge in [0.25, 0.3) is 5.91 Å². The Labute approximate surface area is 233 Å². The zero-order valence-corrected chi connectivity index (χ0v) is 22.1. The summed E-state index contributed by atoms with van der Waals surface area (Å²) in [4.78, 5) is 54.3. The van der Waals surface area contributed by atoms with Crippen LogP contribution >= 0.6 is 11.3 Å². The largest absolute Gasteiger partial charge is 0.438 e. The molecule has 1 fully saturated rings. The molecule has 1 saturated carbocycles. The van der Waals surface area contributed by atoms with Gasteiger partial charge in [-0.15, -0.1) is 11.3 Å². The van der Waals surface area contributed by atoms with Crippen molar-refractivity contribution in [3.05, 3.63) is 72.5 Å². The topological polar surface area (TPSA) is 138 Å². The van der Waals surface area contributed by atoms with Crippen LogP contribution in [0.25, 0.3) is 10.2 Å². The number of rotatable bonds is 7. The fourth-order valence-corrected chi connectivity index (χ4v) is 6.03. The number of nitrogens with zero attached hydrogens (tertiary/aromatic N) is 4. The van der Waals surface area contributed by atoms with Crippen molar-refractivity contribution in [3.8, 4) is 11.6 Å². The summed E-state index contributed by atoms with van der Waals surface area (Å²) in [5.74, 6) is 0.591. The van der Waals surface area contributed by atoms with Crippen LogP contribution in [0.1, 0.15) is 35.4 Å². The molecule has 4 amide bonds. The Bertz CT molecular complexity index is 1610. The fraction of sp³-hybridized carbons (Fsp3) is 0.214. The monoisotopic (exact) mass is 555 g/mol. The Morgan fingerprint density at radius 3 is 2.55 bits per heavy atom. The molecule has 0 spiro atoms. The molecule has 4 heterocycles. The number of hydrogen-bond donors (Lipinski definition) is 3. The summed E-state index contributed by atoms with van der Waals surface area (Å²) in [7, 11) is 0. The van der Waals surface area contributed by atoms with Crippen LogP contribution in [-0.2, 0) is 4.79 Å². The number of anilines is 3. The molecule has 0 radical (unpaired) electrons. The molecule has 2 unspecified atom stereocenters. The predicted molar refractivity (Wildman–Crippen MR) is 151 cm³/mol. The van der Waals surface area contributed by atoms with Gasteiger partial charge in [-0.05, 0) is 37.1 Å². The van der Waals surface area contributed by atoms with Crippen molar-refractivity contribution >= 4 is 56.6 Å². The first kappa shape index (κ1) is 25.4. The molecular formula is C28H25N7O4S. The van der Waals surface area contributed by atoms with Gasteiger partial charge in [0.15, 0.2) is 5.82 Å². The lowest BCUT2D eigenvalue weighted by molar-refractivity contribution is -0.117. The van der Waals surface area contributed by atoms with Crippen molar-refractivity contribution in [2.75, 3.05) is 10.2 Å². The lowest BCUT2D eigenvalue weighted by Crippen LogP contribution is -2.52. The molecule has 6 rings (SSSR count). The second-order valence-corrected chi connectivity index (χ2v) is 10.4. The van der Waals surface area contributed by atoms with E-state index in [1.165, 1.54) is 34.7 Å². The lowest BCUT2D eigenvalue weighted by Gasteiger charge is -2.32. The Kier molecular flexibility index (Phi) is 6.83. The van der Waals surface area contributed by atoms with Gasteiger partial charge in [0.05, 0.1) is 29.2 Å². The van der Waals surface area contributed by atoms with E-state index in [4.69, 9.17) is 4.74 Å². The van der Waals surface area contributed by atoms with E-state index in [1.807, 2.05) is 18.2 Å². The van der Waals surface area contributed by atoms with Crippen molar-refractivity contribution in [1.29, 1.82) is 0 Å². The molecule has 2 aliphatic rings. The Balaban J connectivity index is 1.27. The van der Waals surface area contributed by atoms with Crippen LogP contribution in [0.3, 0.4) is 0 Å². The maximum Gasteiger partial charge on any atom is 0.332 e. The van der Waals surface area contributed by atoms with Crippen LogP contribution in [0.5, 0.6) is 11.6 Å². The average Bonchev–Trinajstić information content (AvgIpc) is 3.35. The molecule has 1 aromatic carbocycles. The van der Waals surface area contributed by atoms with Gasteiger partial charge in [0, 0.05) is 18.3 Å². The van der Waals surface area contributed by atoms with Crippen molar-refractivity contribution in [2.24, 2.45) is 0 Å². The van der Waals surface area contributed by atoms with Gasteiger partial charge >= 0.3 is 6.03 Å². The van der Waals surface area contributed by atoms with Gasteiger partial charge in [-0.3, -0.25) is 9.59 Å². The predicted octanol–water partition coefficient (Wildman–Crippen LogP) is 4.91. The fourth-order valence-electron chi connectivity index (χ4n) is 5.01. The summed E-state index contributed by atoms with van der Waals surface area (Å²) in [6, 6.07) is 9.99. The zero-order chi connectivity index (χ0) is 27.6. The third-order valence-corrected chi connectivity index (χ3v) is 7.95. The van der Waals surface area contributed by atoms with Gasteiger partial charge in [0.1, 0.15) is 15.5 Å². The van der Waals surface area contributed by atoms with E-state index in [1.54, 1.807) is 24.4 Å². The van der Waals surface area contributed by atoms with Gasteiger partial charge < -0.3 is 20.7 Å². The summed E-state index contributed by atoms with van der Waals surface area (Å²) >= 11 is 1.20. The maximum atomic E-state index is 13.5. The molecule has 3 N–H and O–H groups in total. The Morgan fingerprint density at radius 1 is 1.05 bits per heavy atom. The number of aromatic nitrogens is 3. The SMILES string of the molecule is C=CC(=O)NC1CCCCC1NC(=O)c1sc2nccc3c2c1NC(=O)N3c1cnc(Oc2ccccc2)cn1. The highest BCUT2D eigenvalue weighted by atomic mass is 32.1. The van der Waals surface area contributed by atoms with Crippen molar-refractivity contribution < 1.29 is 19.1 Å². The van der Waals surface area contributed by atoms with Crippen LogP contribution in [0.2, 0.25) is 0 Å². The molecular weight excluding hydrogens is 530 g/mol. The molecule has 40 heavy (non-hydrogen) atoms. The summed E-state index contributed by atoms with van der Waals surface area (Å²) in [5.41, 5.74) is 0.945. The van der Waals surface area contributed by atoms with E-state index < -0.39 is 6.03 Å². The molecule has 1 aliphatic heterocycles. The Morgan fingerprint density at radius 2 is 1.82 bits per heavy atom. The molecule has 0 saturated heterocycles. The minimum Gasteiger partial charge on any atom is -0.438 e. The van der Waals surface area contributed by atoms with Gasteiger partial charge in [-0.2, -0.15) is 0 Å². The number of benzene rings is 1. The highest BCUT2D eigenvalue weighted by Gasteiger charge is 2.35.